The fraction of sp³-hybridized carbons (Fsp3) is 0.385. The van der Waals surface area contributed by atoms with E-state index >= 15 is 0 Å². The van der Waals surface area contributed by atoms with Crippen molar-refractivity contribution in [1.82, 2.24) is 0 Å². The van der Waals surface area contributed by atoms with Crippen LogP contribution in [0, 0.1) is 0 Å². The first-order valence-electron chi connectivity index (χ1n) is 5.02. The van der Waals surface area contributed by atoms with Crippen LogP contribution in [0.4, 0.5) is 0 Å². The molecule has 0 amide bonds. The van der Waals surface area contributed by atoms with Gasteiger partial charge < -0.3 is 4.74 Å². The van der Waals surface area contributed by atoms with Gasteiger partial charge in [0.1, 0.15) is 12.4 Å². The topological polar surface area (TPSA) is 9.23 Å². The number of para-hydroxylation sites is 1. The number of fused-ring (bicyclic) bond motifs is 1. The Hall–Kier alpha value is -1.24. The molecule has 1 aromatic rings. The van der Waals surface area contributed by atoms with Crippen molar-refractivity contribution in [1.29, 1.82) is 0 Å². The summed E-state index contributed by atoms with van der Waals surface area (Å²) >= 11 is 0. The van der Waals surface area contributed by atoms with Crippen LogP contribution in [-0.2, 0) is 5.41 Å². The van der Waals surface area contributed by atoms with Crippen molar-refractivity contribution in [2.24, 2.45) is 0 Å². The number of benzene rings is 1. The van der Waals surface area contributed by atoms with E-state index in [1.165, 1.54) is 11.1 Å². The molecule has 0 N–H and O–H groups in total. The van der Waals surface area contributed by atoms with Gasteiger partial charge >= 0.3 is 0 Å². The van der Waals surface area contributed by atoms with Gasteiger partial charge in [-0.2, -0.15) is 0 Å². The molecule has 0 unspecified atom stereocenters. The normalized spacial score (nSPS) is 14.8. The summed E-state index contributed by atoms with van der Waals surface area (Å²) in [5.74, 6) is 1.06. The third-order valence-electron chi connectivity index (χ3n) is 2.47. The largest absolute Gasteiger partial charge is 0.489 e. The Bertz CT molecular complexity index is 369. The standard InChI is InChI=1S/C13H16O/c1-13(2,3)11-8-4-6-10-7-5-9-14-12(10)11/h4-8H,9H2,1-3H3. The minimum Gasteiger partial charge on any atom is -0.489 e. The molecule has 1 heteroatoms. The smallest absolute Gasteiger partial charge is 0.130 e. The van der Waals surface area contributed by atoms with Crippen LogP contribution in [0.25, 0.3) is 6.08 Å². The van der Waals surface area contributed by atoms with Crippen molar-refractivity contribution in [2.45, 2.75) is 26.2 Å². The van der Waals surface area contributed by atoms with Crippen molar-refractivity contribution in [3.05, 3.63) is 35.4 Å². The van der Waals surface area contributed by atoms with E-state index in [9.17, 15) is 0 Å². The van der Waals surface area contributed by atoms with E-state index in [2.05, 4.69) is 51.1 Å². The number of rotatable bonds is 0. The van der Waals surface area contributed by atoms with E-state index in [1.807, 2.05) is 0 Å². The molecule has 1 aliphatic heterocycles. The molecule has 0 radical (unpaired) electrons. The molecule has 0 saturated heterocycles. The molecule has 0 aliphatic carbocycles. The van der Waals surface area contributed by atoms with Crippen molar-refractivity contribution < 1.29 is 4.74 Å². The summed E-state index contributed by atoms with van der Waals surface area (Å²) < 4.78 is 5.69. The molecule has 1 heterocycles. The molecule has 74 valence electrons. The second-order valence-electron chi connectivity index (χ2n) is 4.69. The average Bonchev–Trinajstić information content (AvgIpc) is 2.15. The minimum absolute atomic E-state index is 0.149. The Morgan fingerprint density at radius 2 is 2.00 bits per heavy atom. The van der Waals surface area contributed by atoms with E-state index < -0.39 is 0 Å². The van der Waals surface area contributed by atoms with Crippen molar-refractivity contribution in [3.8, 4) is 5.75 Å². The third-order valence-corrected chi connectivity index (χ3v) is 2.47. The Labute approximate surface area is 85.4 Å². The van der Waals surface area contributed by atoms with E-state index in [-0.39, 0.29) is 5.41 Å². The van der Waals surface area contributed by atoms with Gasteiger partial charge in [-0.25, -0.2) is 0 Å². The molecule has 0 fully saturated rings. The van der Waals surface area contributed by atoms with Gasteiger partial charge in [0.05, 0.1) is 0 Å². The molecule has 0 saturated carbocycles. The predicted octanol–water partition coefficient (Wildman–Crippen LogP) is 3.39. The van der Waals surface area contributed by atoms with Gasteiger partial charge in [-0.3, -0.25) is 0 Å². The molecule has 0 spiro atoms. The van der Waals surface area contributed by atoms with E-state index in [0.29, 0.717) is 6.61 Å². The Morgan fingerprint density at radius 3 is 2.71 bits per heavy atom. The molecule has 14 heavy (non-hydrogen) atoms. The summed E-state index contributed by atoms with van der Waals surface area (Å²) in [6.45, 7) is 7.33. The van der Waals surface area contributed by atoms with Crippen LogP contribution < -0.4 is 4.74 Å². The van der Waals surface area contributed by atoms with E-state index in [1.54, 1.807) is 0 Å². The Kier molecular flexibility index (Phi) is 2.10. The van der Waals surface area contributed by atoms with Gasteiger partial charge in [-0.15, -0.1) is 0 Å². The zero-order chi connectivity index (χ0) is 10.2. The highest BCUT2D eigenvalue weighted by molar-refractivity contribution is 5.62. The minimum atomic E-state index is 0.149. The van der Waals surface area contributed by atoms with Gasteiger partial charge in [0.25, 0.3) is 0 Å². The lowest BCUT2D eigenvalue weighted by Gasteiger charge is -2.25. The summed E-state index contributed by atoms with van der Waals surface area (Å²) in [6.07, 6.45) is 4.18. The lowest BCUT2D eigenvalue weighted by atomic mass is 9.85. The summed E-state index contributed by atoms with van der Waals surface area (Å²) in [6, 6.07) is 6.34. The van der Waals surface area contributed by atoms with Crippen molar-refractivity contribution in [2.75, 3.05) is 6.61 Å². The van der Waals surface area contributed by atoms with Crippen LogP contribution in [-0.4, -0.2) is 6.61 Å². The zero-order valence-corrected chi connectivity index (χ0v) is 9.00. The first-order valence-corrected chi connectivity index (χ1v) is 5.02. The lowest BCUT2D eigenvalue weighted by Crippen LogP contribution is -2.15. The molecule has 0 atom stereocenters. The van der Waals surface area contributed by atoms with Crippen LogP contribution in [0.5, 0.6) is 5.75 Å². The third kappa shape index (κ3) is 1.54. The van der Waals surface area contributed by atoms with Crippen LogP contribution in [0.1, 0.15) is 31.9 Å². The van der Waals surface area contributed by atoms with Crippen molar-refractivity contribution >= 4 is 6.08 Å². The van der Waals surface area contributed by atoms with Gasteiger partial charge in [0.2, 0.25) is 0 Å². The second kappa shape index (κ2) is 3.16. The highest BCUT2D eigenvalue weighted by atomic mass is 16.5. The Balaban J connectivity index is 2.57. The van der Waals surface area contributed by atoms with Gasteiger partial charge in [0.15, 0.2) is 0 Å². The van der Waals surface area contributed by atoms with E-state index in [4.69, 9.17) is 4.74 Å². The molecular formula is C13H16O. The summed E-state index contributed by atoms with van der Waals surface area (Å²) in [5, 5.41) is 0. The summed E-state index contributed by atoms with van der Waals surface area (Å²) in [5.41, 5.74) is 2.64. The molecule has 0 bridgehead atoms. The lowest BCUT2D eigenvalue weighted by molar-refractivity contribution is 0.346. The summed E-state index contributed by atoms with van der Waals surface area (Å²) in [4.78, 5) is 0. The van der Waals surface area contributed by atoms with Gasteiger partial charge in [-0.1, -0.05) is 45.0 Å². The maximum absolute atomic E-state index is 5.69. The van der Waals surface area contributed by atoms with Crippen LogP contribution in [0.15, 0.2) is 24.3 Å². The highest BCUT2D eigenvalue weighted by Crippen LogP contribution is 2.35. The average molecular weight is 188 g/mol. The van der Waals surface area contributed by atoms with Gasteiger partial charge in [0, 0.05) is 11.1 Å². The quantitative estimate of drug-likeness (QED) is 0.606. The zero-order valence-electron chi connectivity index (χ0n) is 9.00. The first-order chi connectivity index (χ1) is 6.59. The number of hydrogen-bond donors (Lipinski definition) is 0. The molecule has 1 aromatic carbocycles. The fourth-order valence-electron chi connectivity index (χ4n) is 1.74. The number of ether oxygens (including phenoxy) is 1. The molecular weight excluding hydrogens is 172 g/mol. The molecule has 1 aliphatic rings. The van der Waals surface area contributed by atoms with Crippen LogP contribution >= 0.6 is 0 Å². The summed E-state index contributed by atoms with van der Waals surface area (Å²) in [7, 11) is 0. The fourth-order valence-corrected chi connectivity index (χ4v) is 1.74. The van der Waals surface area contributed by atoms with Crippen LogP contribution in [0.2, 0.25) is 0 Å². The van der Waals surface area contributed by atoms with Crippen LogP contribution in [0.3, 0.4) is 0 Å². The number of hydrogen-bond acceptors (Lipinski definition) is 1. The monoisotopic (exact) mass is 188 g/mol. The highest BCUT2D eigenvalue weighted by Gasteiger charge is 2.21. The second-order valence-corrected chi connectivity index (χ2v) is 4.69. The predicted molar refractivity (Wildman–Crippen MR) is 59.7 cm³/mol. The molecule has 1 nitrogen and oxygen atoms in total. The Morgan fingerprint density at radius 1 is 1.21 bits per heavy atom. The maximum atomic E-state index is 5.69. The maximum Gasteiger partial charge on any atom is 0.130 e. The van der Waals surface area contributed by atoms with E-state index in [0.717, 1.165) is 5.75 Å². The first kappa shape index (κ1) is 9.32. The molecule has 0 aromatic heterocycles. The van der Waals surface area contributed by atoms with Gasteiger partial charge in [-0.05, 0) is 11.5 Å². The van der Waals surface area contributed by atoms with Crippen molar-refractivity contribution in [3.63, 3.8) is 0 Å². The SMILES string of the molecule is CC(C)(C)c1cccc2c1OCC=C2. The molecule has 2 rings (SSSR count).